The van der Waals surface area contributed by atoms with Gasteiger partial charge in [-0.3, -0.25) is 14.4 Å². The highest BCUT2D eigenvalue weighted by Gasteiger charge is 2.19. The molecule has 0 rings (SSSR count). The van der Waals surface area contributed by atoms with Crippen LogP contribution >= 0.6 is 0 Å². The molecule has 0 saturated carbocycles. The van der Waals surface area contributed by atoms with Crippen molar-refractivity contribution < 1.29 is 28.6 Å². The fourth-order valence-corrected chi connectivity index (χ4v) is 7.81. The molecule has 6 heteroatoms. The molecule has 0 spiro atoms. The molecule has 0 aromatic rings. The van der Waals surface area contributed by atoms with Crippen LogP contribution in [0.3, 0.4) is 0 Å². The van der Waals surface area contributed by atoms with Crippen LogP contribution in [-0.4, -0.2) is 37.2 Å². The van der Waals surface area contributed by atoms with Crippen molar-refractivity contribution in [2.75, 3.05) is 13.2 Å². The number of hydrogen-bond donors (Lipinski definition) is 0. The maximum absolute atomic E-state index is 12.9. The van der Waals surface area contributed by atoms with Crippen molar-refractivity contribution >= 4 is 17.9 Å². The van der Waals surface area contributed by atoms with Gasteiger partial charge in [-0.2, -0.15) is 0 Å². The van der Waals surface area contributed by atoms with Gasteiger partial charge in [0.2, 0.25) is 0 Å². The monoisotopic (exact) mass is 985 g/mol. The molecule has 71 heavy (non-hydrogen) atoms. The fourth-order valence-electron chi connectivity index (χ4n) is 7.81. The molecule has 0 heterocycles. The minimum absolute atomic E-state index is 0.0927. The third kappa shape index (κ3) is 56.9. The first-order valence-electron chi connectivity index (χ1n) is 29.4. The molecule has 0 radical (unpaired) electrons. The van der Waals surface area contributed by atoms with Crippen LogP contribution in [-0.2, 0) is 28.6 Å². The number of rotatable bonds is 52. The second kappa shape index (κ2) is 58.6. The van der Waals surface area contributed by atoms with Gasteiger partial charge in [-0.05, 0) is 122 Å². The highest BCUT2D eigenvalue weighted by molar-refractivity contribution is 5.71. The van der Waals surface area contributed by atoms with Gasteiger partial charge in [-0.25, -0.2) is 0 Å². The SMILES string of the molecule is CC/C=C\C/C=C\C/C=C\C/C=C\C/C=C\CCCCCCCCCC(=O)OCC(COC(=O)CCCCCCC/C=C\CCCC)OC(=O)CCCCCCCC/C=C\C/C=C\C/C=C\CCCCC. The lowest BCUT2D eigenvalue weighted by molar-refractivity contribution is -0.167. The minimum atomic E-state index is -0.795. The Bertz CT molecular complexity index is 1460. The zero-order chi connectivity index (χ0) is 51.4. The Hall–Kier alpha value is -3.93. The Labute approximate surface area is 438 Å². The molecule has 0 saturated heterocycles. The maximum atomic E-state index is 12.9. The summed E-state index contributed by atoms with van der Waals surface area (Å²) in [5.41, 5.74) is 0. The van der Waals surface area contributed by atoms with Crippen molar-refractivity contribution in [2.24, 2.45) is 0 Å². The summed E-state index contributed by atoms with van der Waals surface area (Å²) in [6.07, 6.45) is 79.3. The Morgan fingerprint density at radius 1 is 0.296 bits per heavy atom. The van der Waals surface area contributed by atoms with Crippen molar-refractivity contribution in [2.45, 2.75) is 271 Å². The molecule has 0 aliphatic carbocycles. The van der Waals surface area contributed by atoms with E-state index in [1.807, 2.05) is 0 Å². The molecule has 0 N–H and O–H groups in total. The summed E-state index contributed by atoms with van der Waals surface area (Å²) in [6.45, 7) is 6.44. The molecular weight excluding hydrogens is 877 g/mol. The van der Waals surface area contributed by atoms with E-state index in [-0.39, 0.29) is 31.1 Å². The number of carbonyl (C=O) groups excluding carboxylic acids is 3. The van der Waals surface area contributed by atoms with E-state index in [0.29, 0.717) is 19.3 Å². The summed E-state index contributed by atoms with van der Waals surface area (Å²) >= 11 is 0. The van der Waals surface area contributed by atoms with Gasteiger partial charge in [-0.1, -0.05) is 233 Å². The Morgan fingerprint density at radius 2 is 0.563 bits per heavy atom. The summed E-state index contributed by atoms with van der Waals surface area (Å²) in [4.78, 5) is 38.2. The number of esters is 3. The second-order valence-corrected chi connectivity index (χ2v) is 19.2. The Balaban J connectivity index is 4.38. The maximum Gasteiger partial charge on any atom is 0.306 e. The molecule has 0 aliphatic rings. The zero-order valence-corrected chi connectivity index (χ0v) is 46.2. The number of allylic oxidation sites excluding steroid dienone is 18. The quantitative estimate of drug-likeness (QED) is 0.0261. The average molecular weight is 986 g/mol. The minimum Gasteiger partial charge on any atom is -0.462 e. The van der Waals surface area contributed by atoms with Crippen LogP contribution in [0.2, 0.25) is 0 Å². The van der Waals surface area contributed by atoms with E-state index >= 15 is 0 Å². The molecule has 0 aromatic heterocycles. The van der Waals surface area contributed by atoms with Crippen LogP contribution < -0.4 is 0 Å². The summed E-state index contributed by atoms with van der Waals surface area (Å²) in [5, 5.41) is 0. The van der Waals surface area contributed by atoms with Crippen LogP contribution in [0, 0.1) is 0 Å². The fraction of sp³-hybridized carbons (Fsp3) is 0.677. The van der Waals surface area contributed by atoms with Crippen molar-refractivity contribution in [1.29, 1.82) is 0 Å². The van der Waals surface area contributed by atoms with E-state index in [1.54, 1.807) is 0 Å². The Morgan fingerprint density at radius 3 is 0.915 bits per heavy atom. The highest BCUT2D eigenvalue weighted by atomic mass is 16.6. The molecule has 0 aromatic carbocycles. The Kier molecular flexibility index (Phi) is 55.4. The summed E-state index contributed by atoms with van der Waals surface area (Å²) in [7, 11) is 0. The largest absolute Gasteiger partial charge is 0.462 e. The summed E-state index contributed by atoms with van der Waals surface area (Å²) in [5.74, 6) is -0.925. The highest BCUT2D eigenvalue weighted by Crippen LogP contribution is 2.14. The van der Waals surface area contributed by atoms with Gasteiger partial charge in [-0.15, -0.1) is 0 Å². The predicted octanol–water partition coefficient (Wildman–Crippen LogP) is 19.9. The standard InChI is InChI=1S/C65H108O6/c1-4-7-10-13-16-19-22-24-26-28-30-31-32-33-35-36-38-40-43-46-49-52-55-58-64(67)70-61-62(60-69-63(66)57-54-51-48-45-42-21-18-15-12-9-6-3)71-65(68)59-56-53-50-47-44-41-39-37-34-29-27-25-23-20-17-14-11-8-5-2/h7,10,15-20,24-27,30-31,33-35,37,62H,4-6,8-9,11-14,21-23,28-29,32,36,38-61H2,1-3H3/b10-7-,18-15-,19-16-,20-17-,26-24-,27-25-,31-30-,35-33-,37-34-. The van der Waals surface area contributed by atoms with Crippen LogP contribution in [0.4, 0.5) is 0 Å². The molecule has 0 bridgehead atoms. The van der Waals surface area contributed by atoms with Crippen molar-refractivity contribution in [3.8, 4) is 0 Å². The predicted molar refractivity (Wildman–Crippen MR) is 307 cm³/mol. The third-order valence-corrected chi connectivity index (χ3v) is 12.2. The molecule has 1 atom stereocenters. The van der Waals surface area contributed by atoms with Crippen LogP contribution in [0.15, 0.2) is 109 Å². The van der Waals surface area contributed by atoms with E-state index in [0.717, 1.165) is 135 Å². The molecule has 0 amide bonds. The lowest BCUT2D eigenvalue weighted by Crippen LogP contribution is -2.30. The first kappa shape index (κ1) is 67.1. The van der Waals surface area contributed by atoms with Gasteiger partial charge in [0.1, 0.15) is 13.2 Å². The summed E-state index contributed by atoms with van der Waals surface area (Å²) in [6, 6.07) is 0. The van der Waals surface area contributed by atoms with E-state index in [2.05, 4.69) is 130 Å². The van der Waals surface area contributed by atoms with Crippen LogP contribution in [0.1, 0.15) is 265 Å². The van der Waals surface area contributed by atoms with E-state index in [1.165, 1.54) is 89.9 Å². The van der Waals surface area contributed by atoms with Crippen molar-refractivity contribution in [3.63, 3.8) is 0 Å². The van der Waals surface area contributed by atoms with Crippen molar-refractivity contribution in [3.05, 3.63) is 109 Å². The van der Waals surface area contributed by atoms with Gasteiger partial charge in [0, 0.05) is 19.3 Å². The molecule has 0 aliphatic heterocycles. The first-order valence-corrected chi connectivity index (χ1v) is 29.4. The number of hydrogen-bond acceptors (Lipinski definition) is 6. The van der Waals surface area contributed by atoms with E-state index in [4.69, 9.17) is 14.2 Å². The van der Waals surface area contributed by atoms with Crippen LogP contribution in [0.25, 0.3) is 0 Å². The number of ether oxygens (including phenoxy) is 3. The molecular formula is C65H108O6. The molecule has 1 unspecified atom stereocenters. The molecule has 404 valence electrons. The first-order chi connectivity index (χ1) is 35.0. The lowest BCUT2D eigenvalue weighted by atomic mass is 10.1. The number of carbonyl (C=O) groups is 3. The van der Waals surface area contributed by atoms with Gasteiger partial charge >= 0.3 is 17.9 Å². The topological polar surface area (TPSA) is 78.9 Å². The summed E-state index contributed by atoms with van der Waals surface area (Å²) < 4.78 is 16.8. The molecule has 6 nitrogen and oxygen atoms in total. The average Bonchev–Trinajstić information content (AvgIpc) is 3.37. The lowest BCUT2D eigenvalue weighted by Gasteiger charge is -2.18. The van der Waals surface area contributed by atoms with Gasteiger partial charge < -0.3 is 14.2 Å². The van der Waals surface area contributed by atoms with Crippen molar-refractivity contribution in [1.82, 2.24) is 0 Å². The molecule has 0 fully saturated rings. The zero-order valence-electron chi connectivity index (χ0n) is 46.2. The van der Waals surface area contributed by atoms with E-state index in [9.17, 15) is 14.4 Å². The number of unbranched alkanes of at least 4 members (excludes halogenated alkanes) is 23. The van der Waals surface area contributed by atoms with Crippen LogP contribution in [0.5, 0.6) is 0 Å². The smallest absolute Gasteiger partial charge is 0.306 e. The van der Waals surface area contributed by atoms with E-state index < -0.39 is 6.10 Å². The normalized spacial score (nSPS) is 12.9. The van der Waals surface area contributed by atoms with Gasteiger partial charge in [0.15, 0.2) is 6.10 Å². The second-order valence-electron chi connectivity index (χ2n) is 19.2. The van der Waals surface area contributed by atoms with Gasteiger partial charge in [0.25, 0.3) is 0 Å². The third-order valence-electron chi connectivity index (χ3n) is 12.2. The van der Waals surface area contributed by atoms with Gasteiger partial charge in [0.05, 0.1) is 0 Å².